The first-order valence-corrected chi connectivity index (χ1v) is 16.5. The summed E-state index contributed by atoms with van der Waals surface area (Å²) in [5, 5.41) is 3.16. The Labute approximate surface area is 271 Å². The average Bonchev–Trinajstić information content (AvgIpc) is 3.02. The second-order valence-corrected chi connectivity index (χ2v) is 13.1. The van der Waals surface area contributed by atoms with Crippen LogP contribution in [0.2, 0.25) is 5.02 Å². The van der Waals surface area contributed by atoms with Crippen LogP contribution in [0.3, 0.4) is 0 Å². The zero-order valence-corrected chi connectivity index (χ0v) is 27.5. The van der Waals surface area contributed by atoms with Crippen molar-refractivity contribution in [3.8, 4) is 5.75 Å². The van der Waals surface area contributed by atoms with Gasteiger partial charge in [0.1, 0.15) is 18.3 Å². The van der Waals surface area contributed by atoms with E-state index in [1.807, 2.05) is 54.6 Å². The van der Waals surface area contributed by atoms with Gasteiger partial charge in [-0.3, -0.25) is 13.9 Å². The van der Waals surface area contributed by atoms with Gasteiger partial charge in [-0.15, -0.1) is 0 Å². The molecule has 0 saturated heterocycles. The number of rotatable bonds is 13. The summed E-state index contributed by atoms with van der Waals surface area (Å²) in [7, 11) is -2.77. The van der Waals surface area contributed by atoms with Crippen molar-refractivity contribution in [1.29, 1.82) is 0 Å². The number of nitrogens with zero attached hydrogens (tertiary/aromatic N) is 2. The van der Waals surface area contributed by atoms with Gasteiger partial charge in [0.05, 0.1) is 17.7 Å². The summed E-state index contributed by atoms with van der Waals surface area (Å²) < 4.78 is 35.2. The third-order valence-electron chi connectivity index (χ3n) is 6.89. The maximum Gasteiger partial charge on any atom is 0.264 e. The Kier molecular flexibility index (Phi) is 11.4. The van der Waals surface area contributed by atoms with Gasteiger partial charge in [-0.2, -0.15) is 0 Å². The minimum atomic E-state index is -4.26. The quantitative estimate of drug-likeness (QED) is 0.183. The number of carbonyl (C=O) groups is 2. The molecule has 0 heterocycles. The summed E-state index contributed by atoms with van der Waals surface area (Å²) in [5.41, 5.74) is 1.83. The summed E-state index contributed by atoms with van der Waals surface area (Å²) in [6.07, 6.45) is 0.231. The van der Waals surface area contributed by atoms with E-state index in [-0.39, 0.29) is 29.5 Å². The van der Waals surface area contributed by atoms with Gasteiger partial charge >= 0.3 is 0 Å². The Hall–Kier alpha value is -3.86. The fraction of sp³-hybridized carbons (Fsp3) is 0.212. The number of sulfonamides is 1. The highest BCUT2D eigenvalue weighted by molar-refractivity contribution is 9.10. The van der Waals surface area contributed by atoms with E-state index in [0.717, 1.165) is 19.9 Å². The Balaban J connectivity index is 1.79. The highest BCUT2D eigenvalue weighted by Gasteiger charge is 2.34. The van der Waals surface area contributed by atoms with E-state index in [2.05, 4.69) is 21.2 Å². The number of anilines is 1. The van der Waals surface area contributed by atoms with Crippen LogP contribution in [0.4, 0.5) is 5.69 Å². The SMILES string of the molecule is CCNC(=O)[C@@H](Cc1ccccc1)N(Cc1cccc(Br)c1)C(=O)CN(c1cccc(Cl)c1)S(=O)(=O)c1ccc(OC)cc1. The first-order chi connectivity index (χ1) is 21.1. The molecule has 0 radical (unpaired) electrons. The molecule has 4 rings (SSSR count). The van der Waals surface area contributed by atoms with Crippen LogP contribution in [0.15, 0.2) is 112 Å². The Morgan fingerprint density at radius 2 is 1.59 bits per heavy atom. The van der Waals surface area contributed by atoms with E-state index < -0.39 is 28.5 Å². The second-order valence-electron chi connectivity index (χ2n) is 9.92. The predicted octanol–water partition coefficient (Wildman–Crippen LogP) is 6.08. The van der Waals surface area contributed by atoms with E-state index in [4.69, 9.17) is 16.3 Å². The monoisotopic (exact) mass is 697 g/mol. The zero-order chi connectivity index (χ0) is 31.7. The lowest BCUT2D eigenvalue weighted by Gasteiger charge is -2.34. The lowest BCUT2D eigenvalue weighted by atomic mass is 10.0. The predicted molar refractivity (Wildman–Crippen MR) is 176 cm³/mol. The van der Waals surface area contributed by atoms with Gasteiger partial charge in [0.25, 0.3) is 10.0 Å². The smallest absolute Gasteiger partial charge is 0.264 e. The highest BCUT2D eigenvalue weighted by atomic mass is 79.9. The van der Waals surface area contributed by atoms with Crippen LogP contribution >= 0.6 is 27.5 Å². The summed E-state index contributed by atoms with van der Waals surface area (Å²) in [4.78, 5) is 29.4. The molecular weight excluding hydrogens is 666 g/mol. The van der Waals surface area contributed by atoms with E-state index in [1.165, 1.54) is 42.3 Å². The van der Waals surface area contributed by atoms with Crippen molar-refractivity contribution in [2.24, 2.45) is 0 Å². The Morgan fingerprint density at radius 3 is 2.23 bits per heavy atom. The number of halogens is 2. The van der Waals surface area contributed by atoms with Gasteiger partial charge in [0.15, 0.2) is 0 Å². The number of hydrogen-bond donors (Lipinski definition) is 1. The Bertz CT molecular complexity index is 1690. The molecule has 4 aromatic rings. The lowest BCUT2D eigenvalue weighted by molar-refractivity contribution is -0.140. The molecule has 11 heteroatoms. The molecule has 0 bridgehead atoms. The molecule has 4 aromatic carbocycles. The van der Waals surface area contributed by atoms with Gasteiger partial charge in [0.2, 0.25) is 11.8 Å². The molecule has 0 aliphatic heterocycles. The minimum absolute atomic E-state index is 0.0332. The van der Waals surface area contributed by atoms with Gasteiger partial charge in [0, 0.05) is 29.0 Å². The number of nitrogens with one attached hydrogen (secondary N) is 1. The van der Waals surface area contributed by atoms with Crippen molar-refractivity contribution in [3.63, 3.8) is 0 Å². The van der Waals surface area contributed by atoms with Crippen molar-refractivity contribution < 1.29 is 22.7 Å². The van der Waals surface area contributed by atoms with Crippen LogP contribution < -0.4 is 14.4 Å². The van der Waals surface area contributed by atoms with Crippen LogP contribution in [0.5, 0.6) is 5.75 Å². The van der Waals surface area contributed by atoms with Gasteiger partial charge in [-0.1, -0.05) is 76.1 Å². The topological polar surface area (TPSA) is 96.0 Å². The lowest BCUT2D eigenvalue weighted by Crippen LogP contribution is -2.53. The number of methoxy groups -OCH3 is 1. The number of amides is 2. The molecule has 0 fully saturated rings. The molecule has 0 saturated carbocycles. The molecule has 0 unspecified atom stereocenters. The minimum Gasteiger partial charge on any atom is -0.497 e. The highest BCUT2D eigenvalue weighted by Crippen LogP contribution is 2.28. The molecule has 0 aliphatic carbocycles. The summed E-state index contributed by atoms with van der Waals surface area (Å²) in [6.45, 7) is 1.66. The zero-order valence-electron chi connectivity index (χ0n) is 24.3. The second kappa shape index (κ2) is 15.2. The normalized spacial score (nSPS) is 11.8. The molecule has 230 valence electrons. The van der Waals surface area contributed by atoms with E-state index >= 15 is 0 Å². The summed E-state index contributed by atoms with van der Waals surface area (Å²) >= 11 is 9.75. The van der Waals surface area contributed by atoms with Crippen LogP contribution in [0, 0.1) is 0 Å². The average molecular weight is 699 g/mol. The molecule has 0 aromatic heterocycles. The molecule has 2 amide bonds. The van der Waals surface area contributed by atoms with Crippen molar-refractivity contribution in [1.82, 2.24) is 10.2 Å². The molecule has 0 spiro atoms. The fourth-order valence-electron chi connectivity index (χ4n) is 4.71. The van der Waals surface area contributed by atoms with Gasteiger partial charge in [-0.05, 0) is 72.6 Å². The largest absolute Gasteiger partial charge is 0.497 e. The number of ether oxygens (including phenoxy) is 1. The van der Waals surface area contributed by atoms with Crippen molar-refractivity contribution >= 4 is 55.1 Å². The van der Waals surface area contributed by atoms with Crippen molar-refractivity contribution in [3.05, 3.63) is 124 Å². The number of hydrogen-bond acceptors (Lipinski definition) is 5. The van der Waals surface area contributed by atoms with Crippen molar-refractivity contribution in [2.75, 3.05) is 24.5 Å². The third kappa shape index (κ3) is 8.40. The summed E-state index contributed by atoms with van der Waals surface area (Å²) in [6, 6.07) is 28.1. The van der Waals surface area contributed by atoms with Crippen LogP contribution in [0.1, 0.15) is 18.1 Å². The maximum atomic E-state index is 14.4. The van der Waals surface area contributed by atoms with E-state index in [9.17, 15) is 18.0 Å². The van der Waals surface area contributed by atoms with Crippen LogP contribution in [-0.2, 0) is 32.6 Å². The number of benzene rings is 4. The third-order valence-corrected chi connectivity index (χ3v) is 9.40. The molecule has 8 nitrogen and oxygen atoms in total. The molecular formula is C33H33BrClN3O5S. The number of carbonyl (C=O) groups excluding carboxylic acids is 2. The van der Waals surface area contributed by atoms with E-state index in [1.54, 1.807) is 25.1 Å². The van der Waals surface area contributed by atoms with Crippen LogP contribution in [0.25, 0.3) is 0 Å². The molecule has 1 atom stereocenters. The first-order valence-electron chi connectivity index (χ1n) is 13.9. The standard InChI is InChI=1S/C33H33BrClN3O5S/c1-3-36-33(40)31(20-24-9-5-4-6-10-24)37(22-25-11-7-12-26(34)19-25)32(39)23-38(28-14-8-13-27(35)21-28)44(41,42)30-17-15-29(43-2)16-18-30/h4-19,21,31H,3,20,22-23H2,1-2H3,(H,36,40)/t31-/m1/s1. The van der Waals surface area contributed by atoms with E-state index in [0.29, 0.717) is 17.3 Å². The summed E-state index contributed by atoms with van der Waals surface area (Å²) in [5.74, 6) is -0.415. The number of likely N-dealkylation sites (N-methyl/N-ethyl adjacent to an activating group) is 1. The fourth-order valence-corrected chi connectivity index (χ4v) is 6.75. The molecule has 0 aliphatic rings. The van der Waals surface area contributed by atoms with Crippen LogP contribution in [-0.4, -0.2) is 51.4 Å². The van der Waals surface area contributed by atoms with Gasteiger partial charge < -0.3 is 15.0 Å². The maximum absolute atomic E-state index is 14.4. The molecule has 1 N–H and O–H groups in total. The first kappa shape index (κ1) is 33.0. The molecule has 44 heavy (non-hydrogen) atoms. The Morgan fingerprint density at radius 1 is 0.909 bits per heavy atom. The van der Waals surface area contributed by atoms with Crippen molar-refractivity contribution in [2.45, 2.75) is 30.8 Å². The van der Waals surface area contributed by atoms with Gasteiger partial charge in [-0.25, -0.2) is 8.42 Å².